The van der Waals surface area contributed by atoms with Gasteiger partial charge in [0.1, 0.15) is 5.15 Å². The minimum atomic E-state index is 0.430. The van der Waals surface area contributed by atoms with Gasteiger partial charge in [-0.25, -0.2) is 9.97 Å². The van der Waals surface area contributed by atoms with E-state index in [9.17, 15) is 0 Å². The zero-order chi connectivity index (χ0) is 15.6. The third-order valence-electron chi connectivity index (χ3n) is 3.56. The van der Waals surface area contributed by atoms with E-state index in [1.165, 1.54) is 0 Å². The molecule has 4 nitrogen and oxygen atoms in total. The highest BCUT2D eigenvalue weighted by atomic mass is 35.5. The number of benzene rings is 1. The van der Waals surface area contributed by atoms with E-state index in [2.05, 4.69) is 19.9 Å². The van der Waals surface area contributed by atoms with Crippen molar-refractivity contribution in [2.24, 2.45) is 0 Å². The second kappa shape index (κ2) is 5.74. The van der Waals surface area contributed by atoms with Gasteiger partial charge in [0.2, 0.25) is 0 Å². The van der Waals surface area contributed by atoms with Crippen LogP contribution in [0.4, 0.5) is 0 Å². The second-order valence-electron chi connectivity index (χ2n) is 5.05. The van der Waals surface area contributed by atoms with Crippen LogP contribution in [0.15, 0.2) is 67.3 Å². The third-order valence-corrected chi connectivity index (χ3v) is 3.85. The van der Waals surface area contributed by atoms with E-state index in [0.29, 0.717) is 11.0 Å². The summed E-state index contributed by atoms with van der Waals surface area (Å²) in [6.45, 7) is 0. The van der Waals surface area contributed by atoms with Crippen molar-refractivity contribution < 1.29 is 0 Å². The summed E-state index contributed by atoms with van der Waals surface area (Å²) in [5.41, 5.74) is 3.70. The number of pyridine rings is 2. The minimum absolute atomic E-state index is 0.430. The lowest BCUT2D eigenvalue weighted by Crippen LogP contribution is -1.93. The molecule has 23 heavy (non-hydrogen) atoms. The molecule has 110 valence electrons. The molecule has 0 radical (unpaired) electrons. The molecule has 0 aliphatic carbocycles. The molecule has 0 spiro atoms. The van der Waals surface area contributed by atoms with Gasteiger partial charge in [0.05, 0.1) is 5.52 Å². The predicted octanol–water partition coefficient (Wildman–Crippen LogP) is 4.41. The van der Waals surface area contributed by atoms with Crippen LogP contribution in [0.1, 0.15) is 0 Å². The average Bonchev–Trinajstić information content (AvgIpc) is 2.63. The summed E-state index contributed by atoms with van der Waals surface area (Å²) in [6, 6.07) is 13.6. The van der Waals surface area contributed by atoms with Gasteiger partial charge in [0.15, 0.2) is 5.82 Å². The van der Waals surface area contributed by atoms with E-state index >= 15 is 0 Å². The highest BCUT2D eigenvalue weighted by Crippen LogP contribution is 2.28. The Morgan fingerprint density at radius 2 is 1.48 bits per heavy atom. The molecule has 5 heteroatoms. The van der Waals surface area contributed by atoms with Gasteiger partial charge >= 0.3 is 0 Å². The maximum atomic E-state index is 6.38. The molecular weight excluding hydrogens is 308 g/mol. The van der Waals surface area contributed by atoms with Gasteiger partial charge in [-0.2, -0.15) is 0 Å². The molecule has 3 heterocycles. The largest absolute Gasteiger partial charge is 0.264 e. The van der Waals surface area contributed by atoms with Crippen LogP contribution >= 0.6 is 11.6 Å². The first-order valence-electron chi connectivity index (χ1n) is 7.09. The van der Waals surface area contributed by atoms with Gasteiger partial charge in [0.25, 0.3) is 0 Å². The number of rotatable bonds is 2. The Balaban J connectivity index is 1.86. The highest BCUT2D eigenvalue weighted by Gasteiger charge is 2.09. The molecular formula is C18H11ClN4. The Labute approximate surface area is 137 Å². The molecule has 0 N–H and O–H groups in total. The molecule has 0 saturated carbocycles. The molecule has 0 aliphatic heterocycles. The van der Waals surface area contributed by atoms with E-state index in [1.54, 1.807) is 18.6 Å². The molecule has 1 aromatic carbocycles. The third kappa shape index (κ3) is 2.64. The van der Waals surface area contributed by atoms with Crippen LogP contribution in [0, 0.1) is 0 Å². The first kappa shape index (κ1) is 13.8. The van der Waals surface area contributed by atoms with Gasteiger partial charge in [-0.05, 0) is 35.9 Å². The summed E-state index contributed by atoms with van der Waals surface area (Å²) in [5, 5.41) is 1.25. The van der Waals surface area contributed by atoms with Crippen LogP contribution in [0.5, 0.6) is 0 Å². The SMILES string of the molecule is Clc1nc(-c2cccnc2)nc2ccc(-c3cccnc3)cc12. The highest BCUT2D eigenvalue weighted by molar-refractivity contribution is 6.34. The minimum Gasteiger partial charge on any atom is -0.264 e. The van der Waals surface area contributed by atoms with Crippen molar-refractivity contribution in [1.29, 1.82) is 0 Å². The van der Waals surface area contributed by atoms with Crippen molar-refractivity contribution in [3.63, 3.8) is 0 Å². The fourth-order valence-electron chi connectivity index (χ4n) is 2.43. The predicted molar refractivity (Wildman–Crippen MR) is 91.0 cm³/mol. The van der Waals surface area contributed by atoms with Crippen LogP contribution in [0.25, 0.3) is 33.4 Å². The molecule has 0 unspecified atom stereocenters. The van der Waals surface area contributed by atoms with Gasteiger partial charge in [-0.3, -0.25) is 9.97 Å². The van der Waals surface area contributed by atoms with E-state index in [1.807, 2.05) is 48.7 Å². The van der Waals surface area contributed by atoms with Crippen LogP contribution in [0.3, 0.4) is 0 Å². The van der Waals surface area contributed by atoms with Gasteiger partial charge in [-0.15, -0.1) is 0 Å². The van der Waals surface area contributed by atoms with E-state index in [4.69, 9.17) is 11.6 Å². The van der Waals surface area contributed by atoms with E-state index in [-0.39, 0.29) is 0 Å². The second-order valence-corrected chi connectivity index (χ2v) is 5.41. The summed E-state index contributed by atoms with van der Waals surface area (Å²) >= 11 is 6.38. The maximum absolute atomic E-state index is 6.38. The molecule has 0 bridgehead atoms. The molecule has 3 aromatic heterocycles. The summed E-state index contributed by atoms with van der Waals surface area (Å²) in [5.74, 6) is 0.574. The Morgan fingerprint density at radius 3 is 2.17 bits per heavy atom. The zero-order valence-electron chi connectivity index (χ0n) is 12.0. The van der Waals surface area contributed by atoms with Gasteiger partial charge < -0.3 is 0 Å². The number of halogens is 1. The smallest absolute Gasteiger partial charge is 0.163 e. The van der Waals surface area contributed by atoms with Crippen LogP contribution < -0.4 is 0 Å². The van der Waals surface area contributed by atoms with Crippen LogP contribution in [0.2, 0.25) is 5.15 Å². The molecule has 0 amide bonds. The summed E-state index contributed by atoms with van der Waals surface area (Å²) in [7, 11) is 0. The standard InChI is InChI=1S/C18H11ClN4/c19-17-15-9-12(13-3-1-7-20-10-13)5-6-16(15)22-18(23-17)14-4-2-8-21-11-14/h1-11H. The summed E-state index contributed by atoms with van der Waals surface area (Å²) < 4.78 is 0. The molecule has 0 aliphatic rings. The normalized spacial score (nSPS) is 10.8. The Bertz CT molecular complexity index is 972. The van der Waals surface area contributed by atoms with Crippen molar-refractivity contribution in [2.45, 2.75) is 0 Å². The Hall–Kier alpha value is -2.85. The van der Waals surface area contributed by atoms with Crippen molar-refractivity contribution in [3.8, 4) is 22.5 Å². The average molecular weight is 319 g/mol. The fourth-order valence-corrected chi connectivity index (χ4v) is 2.66. The molecule has 4 aromatic rings. The Morgan fingerprint density at radius 1 is 0.739 bits per heavy atom. The lowest BCUT2D eigenvalue weighted by atomic mass is 10.1. The van der Waals surface area contributed by atoms with Gasteiger partial charge in [0, 0.05) is 41.3 Å². The quantitative estimate of drug-likeness (QED) is 0.514. The lowest BCUT2D eigenvalue weighted by molar-refractivity contribution is 1.21. The Kier molecular flexibility index (Phi) is 3.44. The topological polar surface area (TPSA) is 51.6 Å². The molecule has 0 atom stereocenters. The van der Waals surface area contributed by atoms with Crippen molar-refractivity contribution in [2.75, 3.05) is 0 Å². The first-order chi connectivity index (χ1) is 11.3. The molecule has 0 fully saturated rings. The van der Waals surface area contributed by atoms with E-state index < -0.39 is 0 Å². The van der Waals surface area contributed by atoms with Crippen LogP contribution in [-0.2, 0) is 0 Å². The van der Waals surface area contributed by atoms with Crippen molar-refractivity contribution in [3.05, 3.63) is 72.4 Å². The number of fused-ring (bicyclic) bond motifs is 1. The maximum Gasteiger partial charge on any atom is 0.163 e. The van der Waals surface area contributed by atoms with Crippen LogP contribution in [-0.4, -0.2) is 19.9 Å². The number of hydrogen-bond donors (Lipinski definition) is 0. The number of nitrogens with zero attached hydrogens (tertiary/aromatic N) is 4. The first-order valence-corrected chi connectivity index (χ1v) is 7.47. The van der Waals surface area contributed by atoms with E-state index in [0.717, 1.165) is 27.6 Å². The number of hydrogen-bond acceptors (Lipinski definition) is 4. The fraction of sp³-hybridized carbons (Fsp3) is 0. The number of aromatic nitrogens is 4. The lowest BCUT2D eigenvalue weighted by Gasteiger charge is -2.07. The molecule has 0 saturated heterocycles. The zero-order valence-corrected chi connectivity index (χ0v) is 12.8. The van der Waals surface area contributed by atoms with Gasteiger partial charge in [-0.1, -0.05) is 23.7 Å². The summed E-state index contributed by atoms with van der Waals surface area (Å²) in [4.78, 5) is 17.2. The van der Waals surface area contributed by atoms with Crippen molar-refractivity contribution in [1.82, 2.24) is 19.9 Å². The monoisotopic (exact) mass is 318 g/mol. The van der Waals surface area contributed by atoms with Crippen molar-refractivity contribution >= 4 is 22.5 Å². The summed E-state index contributed by atoms with van der Waals surface area (Å²) in [6.07, 6.45) is 7.01. The molecule has 4 rings (SSSR count).